The Kier molecular flexibility index (Phi) is 4.28. The number of hydrogen-bond acceptors (Lipinski definition) is 1. The fraction of sp³-hybridized carbons (Fsp3) is 0.400. The van der Waals surface area contributed by atoms with Gasteiger partial charge in [0.25, 0.3) is 0 Å². The number of rotatable bonds is 6. The smallest absolute Gasteiger partial charge is 0.0384 e. The summed E-state index contributed by atoms with van der Waals surface area (Å²) >= 11 is 0. The summed E-state index contributed by atoms with van der Waals surface area (Å²) in [6, 6.07) is 16.0. The van der Waals surface area contributed by atoms with E-state index in [0.717, 1.165) is 6.42 Å². The first-order valence-electron chi connectivity index (χ1n) is 8.26. The highest BCUT2D eigenvalue weighted by Crippen LogP contribution is 2.40. The molecule has 1 N–H and O–H groups in total. The molecule has 3 rings (SSSR count). The van der Waals surface area contributed by atoms with Crippen molar-refractivity contribution >= 4 is 5.69 Å². The Balaban J connectivity index is 1.77. The lowest BCUT2D eigenvalue weighted by molar-refractivity contribution is 0.615. The molecule has 1 heteroatoms. The summed E-state index contributed by atoms with van der Waals surface area (Å²) in [5.41, 5.74) is 7.08. The van der Waals surface area contributed by atoms with Crippen LogP contribution >= 0.6 is 0 Å². The first kappa shape index (κ1) is 14.2. The van der Waals surface area contributed by atoms with E-state index in [2.05, 4.69) is 61.6 Å². The largest absolute Gasteiger partial charge is 0.382 e. The van der Waals surface area contributed by atoms with Crippen LogP contribution in [0.5, 0.6) is 0 Å². The van der Waals surface area contributed by atoms with Gasteiger partial charge < -0.3 is 5.32 Å². The molecule has 1 aliphatic rings. The highest BCUT2D eigenvalue weighted by Gasteiger charge is 2.20. The van der Waals surface area contributed by atoms with Crippen LogP contribution in [0.25, 0.3) is 11.1 Å². The van der Waals surface area contributed by atoms with Gasteiger partial charge in [0.05, 0.1) is 0 Å². The monoisotopic (exact) mass is 279 g/mol. The molecule has 2 aromatic carbocycles. The summed E-state index contributed by atoms with van der Waals surface area (Å²) in [5.74, 6) is 0. The van der Waals surface area contributed by atoms with Crippen molar-refractivity contribution in [3.05, 3.63) is 53.6 Å². The molecule has 0 heterocycles. The summed E-state index contributed by atoms with van der Waals surface area (Å²) in [5, 5.41) is 3.74. The molecule has 0 amide bonds. The van der Waals surface area contributed by atoms with Crippen molar-refractivity contribution in [1.82, 2.24) is 0 Å². The van der Waals surface area contributed by atoms with Crippen LogP contribution < -0.4 is 5.32 Å². The van der Waals surface area contributed by atoms with Crippen LogP contribution in [0.3, 0.4) is 0 Å². The zero-order valence-corrected chi connectivity index (χ0v) is 13.2. The van der Waals surface area contributed by atoms with Crippen molar-refractivity contribution in [3.63, 3.8) is 0 Å². The van der Waals surface area contributed by atoms with Gasteiger partial charge in [0.1, 0.15) is 0 Å². The fourth-order valence-electron chi connectivity index (χ4n) is 3.33. The van der Waals surface area contributed by atoms with E-state index in [1.54, 1.807) is 0 Å². The molecule has 0 radical (unpaired) electrons. The van der Waals surface area contributed by atoms with Gasteiger partial charge in [-0.2, -0.15) is 0 Å². The lowest BCUT2D eigenvalue weighted by Crippen LogP contribution is -2.16. The predicted octanol–water partition coefficient (Wildman–Crippen LogP) is 5.64. The third-order valence-corrected chi connectivity index (χ3v) is 4.49. The second-order valence-electron chi connectivity index (χ2n) is 6.21. The lowest BCUT2D eigenvalue weighted by atomic mass is 10.0. The van der Waals surface area contributed by atoms with E-state index in [4.69, 9.17) is 0 Å². The zero-order valence-electron chi connectivity index (χ0n) is 13.2. The van der Waals surface area contributed by atoms with E-state index in [0.29, 0.717) is 6.04 Å². The van der Waals surface area contributed by atoms with E-state index in [-0.39, 0.29) is 0 Å². The molecule has 21 heavy (non-hydrogen) atoms. The zero-order chi connectivity index (χ0) is 14.7. The lowest BCUT2D eigenvalue weighted by Gasteiger charge is -2.18. The maximum atomic E-state index is 3.74. The van der Waals surface area contributed by atoms with Crippen LogP contribution in [0.4, 0.5) is 5.69 Å². The minimum Gasteiger partial charge on any atom is -0.382 e. The standard InChI is InChI=1S/C20H25N/c1-3-4-5-9-15(2)21-20-13-8-12-18-17-11-7-6-10-16(17)14-19(18)20/h6-8,10-13,15,21H,3-5,9,14H2,1-2H3. The molecule has 1 atom stereocenters. The van der Waals surface area contributed by atoms with Gasteiger partial charge in [-0.25, -0.2) is 0 Å². The van der Waals surface area contributed by atoms with Gasteiger partial charge in [-0.1, -0.05) is 62.6 Å². The van der Waals surface area contributed by atoms with Gasteiger partial charge in [0, 0.05) is 18.2 Å². The number of anilines is 1. The molecule has 0 saturated heterocycles. The third kappa shape index (κ3) is 2.97. The van der Waals surface area contributed by atoms with E-state index in [1.165, 1.54) is 53.6 Å². The Morgan fingerprint density at radius 1 is 1.00 bits per heavy atom. The Hall–Kier alpha value is -1.76. The van der Waals surface area contributed by atoms with Crippen LogP contribution in [-0.4, -0.2) is 6.04 Å². The van der Waals surface area contributed by atoms with Crippen LogP contribution in [0, 0.1) is 0 Å². The second-order valence-corrected chi connectivity index (χ2v) is 6.21. The molecule has 110 valence electrons. The van der Waals surface area contributed by atoms with Crippen molar-refractivity contribution in [1.29, 1.82) is 0 Å². The van der Waals surface area contributed by atoms with Crippen molar-refractivity contribution in [2.75, 3.05) is 5.32 Å². The average molecular weight is 279 g/mol. The number of benzene rings is 2. The minimum absolute atomic E-state index is 0.548. The molecule has 0 aliphatic heterocycles. The molecule has 0 spiro atoms. The summed E-state index contributed by atoms with van der Waals surface area (Å²) in [6.07, 6.45) is 6.27. The van der Waals surface area contributed by atoms with Gasteiger partial charge in [0.2, 0.25) is 0 Å². The normalized spacial score (nSPS) is 13.6. The molecule has 0 saturated carbocycles. The molecule has 2 aromatic rings. The molecule has 1 nitrogen and oxygen atoms in total. The first-order valence-corrected chi connectivity index (χ1v) is 8.26. The van der Waals surface area contributed by atoms with Crippen LogP contribution in [0.2, 0.25) is 0 Å². The van der Waals surface area contributed by atoms with Crippen molar-refractivity contribution < 1.29 is 0 Å². The minimum atomic E-state index is 0.548. The summed E-state index contributed by atoms with van der Waals surface area (Å²) in [4.78, 5) is 0. The Morgan fingerprint density at radius 3 is 2.67 bits per heavy atom. The quantitative estimate of drug-likeness (QED) is 0.576. The molecule has 1 unspecified atom stereocenters. The number of nitrogens with one attached hydrogen (secondary N) is 1. The Bertz CT molecular complexity index is 615. The maximum absolute atomic E-state index is 3.74. The first-order chi connectivity index (χ1) is 10.3. The van der Waals surface area contributed by atoms with Crippen LogP contribution in [0.1, 0.15) is 50.7 Å². The van der Waals surface area contributed by atoms with Gasteiger partial charge in [-0.15, -0.1) is 0 Å². The molecule has 0 bridgehead atoms. The van der Waals surface area contributed by atoms with Crippen LogP contribution in [-0.2, 0) is 6.42 Å². The highest BCUT2D eigenvalue weighted by molar-refractivity contribution is 5.82. The predicted molar refractivity (Wildman–Crippen MR) is 91.9 cm³/mol. The highest BCUT2D eigenvalue weighted by atomic mass is 14.9. The van der Waals surface area contributed by atoms with E-state index >= 15 is 0 Å². The van der Waals surface area contributed by atoms with Crippen molar-refractivity contribution in [3.8, 4) is 11.1 Å². The topological polar surface area (TPSA) is 12.0 Å². The average Bonchev–Trinajstić information content (AvgIpc) is 2.87. The van der Waals surface area contributed by atoms with E-state index < -0.39 is 0 Å². The number of hydrogen-bond donors (Lipinski definition) is 1. The summed E-state index contributed by atoms with van der Waals surface area (Å²) in [6.45, 7) is 4.57. The Morgan fingerprint density at radius 2 is 1.81 bits per heavy atom. The van der Waals surface area contributed by atoms with Crippen LogP contribution in [0.15, 0.2) is 42.5 Å². The maximum Gasteiger partial charge on any atom is 0.0384 e. The third-order valence-electron chi connectivity index (χ3n) is 4.49. The number of unbranched alkanes of at least 4 members (excludes halogenated alkanes) is 2. The second kappa shape index (κ2) is 6.34. The molecule has 0 aromatic heterocycles. The van der Waals surface area contributed by atoms with E-state index in [9.17, 15) is 0 Å². The Labute approximate surface area is 128 Å². The van der Waals surface area contributed by atoms with Crippen molar-refractivity contribution in [2.24, 2.45) is 0 Å². The summed E-state index contributed by atoms with van der Waals surface area (Å²) in [7, 11) is 0. The van der Waals surface area contributed by atoms with Gasteiger partial charge >= 0.3 is 0 Å². The van der Waals surface area contributed by atoms with E-state index in [1.807, 2.05) is 0 Å². The summed E-state index contributed by atoms with van der Waals surface area (Å²) < 4.78 is 0. The number of fused-ring (bicyclic) bond motifs is 3. The van der Waals surface area contributed by atoms with Gasteiger partial charge in [0.15, 0.2) is 0 Å². The van der Waals surface area contributed by atoms with Gasteiger partial charge in [-0.05, 0) is 41.7 Å². The van der Waals surface area contributed by atoms with Gasteiger partial charge in [-0.3, -0.25) is 0 Å². The molecule has 0 fully saturated rings. The fourth-order valence-corrected chi connectivity index (χ4v) is 3.33. The molecule has 1 aliphatic carbocycles. The SMILES string of the molecule is CCCCCC(C)Nc1cccc2c1Cc1ccccc1-2. The molecular formula is C20H25N. The van der Waals surface area contributed by atoms with Crippen molar-refractivity contribution in [2.45, 2.75) is 52.0 Å². The molecular weight excluding hydrogens is 254 g/mol.